The van der Waals surface area contributed by atoms with Gasteiger partial charge in [-0.25, -0.2) is 12.7 Å². The lowest BCUT2D eigenvalue weighted by atomic mass is 9.89. The Hall–Kier alpha value is -1.11. The lowest BCUT2D eigenvalue weighted by Crippen LogP contribution is -2.36. The molecule has 5 nitrogen and oxygen atoms in total. The summed E-state index contributed by atoms with van der Waals surface area (Å²) in [5.74, 6) is 2.41. The largest absolute Gasteiger partial charge is 0.497 e. The van der Waals surface area contributed by atoms with Gasteiger partial charge in [0.05, 0.1) is 12.9 Å². The van der Waals surface area contributed by atoms with Crippen LogP contribution in [0.1, 0.15) is 37.3 Å². The zero-order chi connectivity index (χ0) is 18.3. The molecule has 6 heteroatoms. The monoisotopic (exact) mass is 378 g/mol. The third kappa shape index (κ3) is 3.39. The second-order valence-electron chi connectivity index (χ2n) is 8.33. The van der Waals surface area contributed by atoms with Crippen LogP contribution < -0.4 is 4.74 Å². The van der Waals surface area contributed by atoms with E-state index < -0.39 is 10.0 Å². The van der Waals surface area contributed by atoms with Crippen molar-refractivity contribution in [3.05, 3.63) is 29.8 Å². The molecule has 0 aromatic heterocycles. The van der Waals surface area contributed by atoms with Crippen LogP contribution in [0.5, 0.6) is 5.75 Å². The molecule has 2 heterocycles. The van der Waals surface area contributed by atoms with E-state index >= 15 is 0 Å². The molecule has 3 fully saturated rings. The minimum Gasteiger partial charge on any atom is -0.497 e. The fourth-order valence-corrected chi connectivity index (χ4v) is 7.28. The molecule has 4 rings (SSSR count). The molecule has 3 aliphatic rings. The number of hydrogen-bond donors (Lipinski definition) is 0. The normalized spacial score (nSPS) is 30.8. The lowest BCUT2D eigenvalue weighted by molar-refractivity contribution is 0.260. The first kappa shape index (κ1) is 18.3. The molecule has 2 aliphatic heterocycles. The molecule has 0 spiro atoms. The van der Waals surface area contributed by atoms with Gasteiger partial charge in [-0.05, 0) is 55.3 Å². The van der Waals surface area contributed by atoms with E-state index in [1.807, 2.05) is 12.1 Å². The topological polar surface area (TPSA) is 49.9 Å². The van der Waals surface area contributed by atoms with Gasteiger partial charge < -0.3 is 4.74 Å². The van der Waals surface area contributed by atoms with Crippen LogP contribution in [0.2, 0.25) is 0 Å². The Morgan fingerprint density at radius 3 is 2.42 bits per heavy atom. The zero-order valence-corrected chi connectivity index (χ0v) is 16.6. The molecule has 3 atom stereocenters. The molecule has 26 heavy (non-hydrogen) atoms. The van der Waals surface area contributed by atoms with Gasteiger partial charge in [0.1, 0.15) is 5.75 Å². The van der Waals surface area contributed by atoms with Gasteiger partial charge in [0.2, 0.25) is 10.0 Å². The van der Waals surface area contributed by atoms with Crippen molar-refractivity contribution in [3.63, 3.8) is 0 Å². The van der Waals surface area contributed by atoms with Gasteiger partial charge in [-0.1, -0.05) is 25.0 Å². The van der Waals surface area contributed by atoms with E-state index in [1.165, 1.54) is 18.4 Å². The molecule has 0 N–H and O–H groups in total. The van der Waals surface area contributed by atoms with Gasteiger partial charge in [-0.2, -0.15) is 0 Å². The summed E-state index contributed by atoms with van der Waals surface area (Å²) in [7, 11) is 0.710. The first-order chi connectivity index (χ1) is 12.5. The number of likely N-dealkylation sites (tertiary alicyclic amines) is 1. The van der Waals surface area contributed by atoms with Crippen molar-refractivity contribution in [2.24, 2.45) is 17.8 Å². The van der Waals surface area contributed by atoms with Crippen LogP contribution in [-0.4, -0.2) is 57.2 Å². The van der Waals surface area contributed by atoms with Crippen molar-refractivity contribution in [3.8, 4) is 5.75 Å². The highest BCUT2D eigenvalue weighted by molar-refractivity contribution is 7.89. The number of fused-ring (bicyclic) bond motifs is 1. The molecule has 1 aromatic carbocycles. The minimum absolute atomic E-state index is 0.289. The standard InChI is InChI=1S/C20H30N2O3S/c1-21-11-17-12-22(26(23,24)14-15-5-3-4-6-15)13-19(17)20(21)16-7-9-18(25-2)10-8-16/h7-10,15,17,19-20H,3-6,11-14H2,1-2H3/t17-,19+,20-/m0/s1. The van der Waals surface area contributed by atoms with Crippen molar-refractivity contribution < 1.29 is 13.2 Å². The Kier molecular flexibility index (Phi) is 5.01. The van der Waals surface area contributed by atoms with Crippen LogP contribution in [0.25, 0.3) is 0 Å². The van der Waals surface area contributed by atoms with E-state index in [1.54, 1.807) is 11.4 Å². The molecular formula is C20H30N2O3S. The maximum Gasteiger partial charge on any atom is 0.214 e. The van der Waals surface area contributed by atoms with E-state index in [0.717, 1.165) is 25.1 Å². The predicted molar refractivity (Wildman–Crippen MR) is 103 cm³/mol. The molecule has 144 valence electrons. The molecular weight excluding hydrogens is 348 g/mol. The molecule has 0 bridgehead atoms. The van der Waals surface area contributed by atoms with Crippen molar-refractivity contribution in [1.82, 2.24) is 9.21 Å². The first-order valence-electron chi connectivity index (χ1n) is 9.80. The molecule has 2 saturated heterocycles. The summed E-state index contributed by atoms with van der Waals surface area (Å²) >= 11 is 0. The fraction of sp³-hybridized carbons (Fsp3) is 0.700. The smallest absolute Gasteiger partial charge is 0.214 e. The Morgan fingerprint density at radius 1 is 1.08 bits per heavy atom. The van der Waals surface area contributed by atoms with E-state index in [-0.39, 0.29) is 6.04 Å². The van der Waals surface area contributed by atoms with Gasteiger partial charge in [0.25, 0.3) is 0 Å². The molecule has 1 aliphatic carbocycles. The van der Waals surface area contributed by atoms with Crippen LogP contribution in [0.4, 0.5) is 0 Å². The highest BCUT2D eigenvalue weighted by atomic mass is 32.2. The maximum absolute atomic E-state index is 12.9. The van der Waals surface area contributed by atoms with E-state index in [0.29, 0.717) is 36.6 Å². The average Bonchev–Trinajstić information content (AvgIpc) is 3.31. The highest BCUT2D eigenvalue weighted by Gasteiger charge is 2.49. The number of rotatable bonds is 5. The number of benzene rings is 1. The van der Waals surface area contributed by atoms with Crippen molar-refractivity contribution in [2.45, 2.75) is 31.7 Å². The Balaban J connectivity index is 1.48. The summed E-state index contributed by atoms with van der Waals surface area (Å²) in [4.78, 5) is 2.39. The summed E-state index contributed by atoms with van der Waals surface area (Å²) in [6.45, 7) is 2.33. The number of sulfonamides is 1. The van der Waals surface area contributed by atoms with E-state index in [2.05, 4.69) is 24.1 Å². The van der Waals surface area contributed by atoms with Crippen LogP contribution in [0.3, 0.4) is 0 Å². The van der Waals surface area contributed by atoms with Gasteiger partial charge in [0.15, 0.2) is 0 Å². The lowest BCUT2D eigenvalue weighted by Gasteiger charge is -2.27. The van der Waals surface area contributed by atoms with Crippen molar-refractivity contribution >= 4 is 10.0 Å². The SMILES string of the molecule is COc1ccc([C@H]2[C@@H]3CN(S(=O)(=O)CC4CCCC4)C[C@@H]3CN2C)cc1. The second-order valence-corrected chi connectivity index (χ2v) is 10.3. The summed E-state index contributed by atoms with van der Waals surface area (Å²) in [6, 6.07) is 8.54. The van der Waals surface area contributed by atoms with Gasteiger partial charge >= 0.3 is 0 Å². The summed E-state index contributed by atoms with van der Waals surface area (Å²) in [5.41, 5.74) is 1.26. The predicted octanol–water partition coefficient (Wildman–Crippen LogP) is 2.75. The second kappa shape index (κ2) is 7.13. The number of nitrogens with zero attached hydrogens (tertiary/aromatic N) is 2. The molecule has 1 aromatic rings. The van der Waals surface area contributed by atoms with E-state index in [4.69, 9.17) is 4.74 Å². The average molecular weight is 379 g/mol. The van der Waals surface area contributed by atoms with E-state index in [9.17, 15) is 8.42 Å². The summed E-state index contributed by atoms with van der Waals surface area (Å²) < 4.78 is 32.9. The number of hydrogen-bond acceptors (Lipinski definition) is 4. The minimum atomic E-state index is -3.12. The zero-order valence-electron chi connectivity index (χ0n) is 15.8. The summed E-state index contributed by atoms with van der Waals surface area (Å²) in [5, 5.41) is 0. The van der Waals surface area contributed by atoms with Gasteiger partial charge in [-0.15, -0.1) is 0 Å². The van der Waals surface area contributed by atoms with Crippen LogP contribution in [0.15, 0.2) is 24.3 Å². The quantitative estimate of drug-likeness (QED) is 0.791. The highest BCUT2D eigenvalue weighted by Crippen LogP contribution is 2.45. The Morgan fingerprint density at radius 2 is 1.77 bits per heavy atom. The number of methoxy groups -OCH3 is 1. The molecule has 1 saturated carbocycles. The third-order valence-electron chi connectivity index (χ3n) is 6.63. The Labute approximate surface area is 157 Å². The van der Waals surface area contributed by atoms with Crippen molar-refractivity contribution in [1.29, 1.82) is 0 Å². The Bertz CT molecular complexity index is 728. The first-order valence-corrected chi connectivity index (χ1v) is 11.4. The van der Waals surface area contributed by atoms with Crippen LogP contribution >= 0.6 is 0 Å². The van der Waals surface area contributed by atoms with Gasteiger partial charge in [-0.3, -0.25) is 4.90 Å². The summed E-state index contributed by atoms with van der Waals surface area (Å²) in [6.07, 6.45) is 4.54. The van der Waals surface area contributed by atoms with Crippen LogP contribution in [0, 0.1) is 17.8 Å². The number of ether oxygens (including phenoxy) is 1. The molecule has 0 unspecified atom stereocenters. The van der Waals surface area contributed by atoms with Crippen molar-refractivity contribution in [2.75, 3.05) is 39.5 Å². The fourth-order valence-electron chi connectivity index (χ4n) is 5.33. The van der Waals surface area contributed by atoms with Crippen LogP contribution in [-0.2, 0) is 10.0 Å². The third-order valence-corrected chi connectivity index (χ3v) is 8.61. The maximum atomic E-state index is 12.9. The molecule has 0 radical (unpaired) electrons. The van der Waals surface area contributed by atoms with Gasteiger partial charge in [0, 0.05) is 25.7 Å². The molecule has 0 amide bonds.